The van der Waals surface area contributed by atoms with E-state index >= 15 is 0 Å². The second kappa shape index (κ2) is 17.2. The smallest absolute Gasteiger partial charge is 0.309 e. The number of ether oxygens (including phenoxy) is 2. The molecule has 5 fully saturated rings. The molecule has 12 atom stereocenters. The first-order chi connectivity index (χ1) is 31.7. The van der Waals surface area contributed by atoms with Gasteiger partial charge in [0.15, 0.2) is 5.78 Å². The number of amides is 2. The number of fused-ring (bicyclic) bond motifs is 7. The van der Waals surface area contributed by atoms with E-state index < -0.39 is 17.0 Å². The highest BCUT2D eigenvalue weighted by Crippen LogP contribution is 2.75. The van der Waals surface area contributed by atoms with Crippen LogP contribution in [-0.2, 0) is 35.3 Å². The lowest BCUT2D eigenvalue weighted by Gasteiger charge is -2.71. The van der Waals surface area contributed by atoms with Gasteiger partial charge in [-0.2, -0.15) is 5.10 Å². The van der Waals surface area contributed by atoms with Crippen LogP contribution < -0.4 is 10.6 Å². The normalized spacial score (nSPS) is 35.6. The molecule has 11 nitrogen and oxygen atoms in total. The molecule has 2 aromatic carbocycles. The van der Waals surface area contributed by atoms with Gasteiger partial charge in [-0.25, -0.2) is 0 Å². The second-order valence-electron chi connectivity index (χ2n) is 23.2. The van der Waals surface area contributed by atoms with E-state index in [-0.39, 0.29) is 100 Å². The molecular formula is C56H72N4O7. The number of benzene rings is 2. The Hall–Kier alpha value is -5.06. The molecule has 1 heterocycles. The van der Waals surface area contributed by atoms with Gasteiger partial charge in [0, 0.05) is 12.0 Å². The van der Waals surface area contributed by atoms with Crippen LogP contribution >= 0.6 is 0 Å². The number of nitrogens with one attached hydrogen (secondary N) is 3. The minimum Gasteiger partial charge on any atom is -0.462 e. The summed E-state index contributed by atoms with van der Waals surface area (Å²) in [6.07, 6.45) is 8.00. The fourth-order valence-electron chi connectivity index (χ4n) is 15.0. The van der Waals surface area contributed by atoms with Crippen LogP contribution in [0.15, 0.2) is 77.9 Å². The fourth-order valence-corrected chi connectivity index (χ4v) is 15.0. The molecule has 358 valence electrons. The summed E-state index contributed by atoms with van der Waals surface area (Å²) in [7, 11) is 0. The predicted octanol–water partition coefficient (Wildman–Crippen LogP) is 9.97. The van der Waals surface area contributed by atoms with Gasteiger partial charge in [-0.1, -0.05) is 109 Å². The number of H-pyrrole nitrogens is 1. The Labute approximate surface area is 396 Å². The minimum absolute atomic E-state index is 0.00965. The largest absolute Gasteiger partial charge is 0.462 e. The van der Waals surface area contributed by atoms with Gasteiger partial charge in [-0.15, -0.1) is 0 Å². The van der Waals surface area contributed by atoms with Gasteiger partial charge in [-0.05, 0) is 146 Å². The fraction of sp³-hybridized carbons (Fsp3) is 0.607. The molecule has 0 bridgehead atoms. The van der Waals surface area contributed by atoms with Crippen molar-refractivity contribution in [2.45, 2.75) is 150 Å². The van der Waals surface area contributed by atoms with E-state index in [9.17, 15) is 24.0 Å². The number of carbonyl (C=O) groups is 5. The molecule has 5 saturated carbocycles. The molecule has 0 unspecified atom stereocenters. The Morgan fingerprint density at radius 2 is 1.52 bits per heavy atom. The lowest BCUT2D eigenvalue weighted by molar-refractivity contribution is -0.216. The van der Waals surface area contributed by atoms with Gasteiger partial charge in [0.2, 0.25) is 5.91 Å². The summed E-state index contributed by atoms with van der Waals surface area (Å²) in [5.74, 6) is -0.532. The third kappa shape index (κ3) is 7.78. The van der Waals surface area contributed by atoms with E-state index in [4.69, 9.17) is 9.47 Å². The van der Waals surface area contributed by atoms with Crippen molar-refractivity contribution in [2.75, 3.05) is 0 Å². The first-order valence-corrected chi connectivity index (χ1v) is 25.2. The van der Waals surface area contributed by atoms with Crippen LogP contribution in [0.5, 0.6) is 0 Å². The van der Waals surface area contributed by atoms with Gasteiger partial charge < -0.3 is 20.1 Å². The number of ketones is 1. The summed E-state index contributed by atoms with van der Waals surface area (Å²) >= 11 is 0. The molecule has 11 heteroatoms. The first kappa shape index (κ1) is 47.0. The molecule has 9 rings (SSSR count). The van der Waals surface area contributed by atoms with Crippen LogP contribution in [0, 0.1) is 63.6 Å². The molecule has 0 aliphatic heterocycles. The third-order valence-electron chi connectivity index (χ3n) is 19.1. The maximum absolute atomic E-state index is 14.6. The number of rotatable bonds is 11. The van der Waals surface area contributed by atoms with Gasteiger partial charge in [0.1, 0.15) is 23.9 Å². The summed E-state index contributed by atoms with van der Waals surface area (Å²) in [5.41, 5.74) is 2.61. The zero-order valence-corrected chi connectivity index (χ0v) is 41.1. The van der Waals surface area contributed by atoms with Gasteiger partial charge in [-0.3, -0.25) is 29.1 Å². The summed E-state index contributed by atoms with van der Waals surface area (Å²) in [6, 6.07) is 21.0. The number of hydrogen-bond acceptors (Lipinski definition) is 8. The van der Waals surface area contributed by atoms with Gasteiger partial charge >= 0.3 is 11.9 Å². The van der Waals surface area contributed by atoms with Crippen molar-refractivity contribution in [1.29, 1.82) is 0 Å². The Balaban J connectivity index is 0.877. The van der Waals surface area contributed by atoms with E-state index in [1.54, 1.807) is 19.9 Å². The molecule has 1 aromatic heterocycles. The van der Waals surface area contributed by atoms with Crippen molar-refractivity contribution in [3.8, 4) is 11.3 Å². The molecule has 2 amide bonds. The molecule has 0 radical (unpaired) electrons. The van der Waals surface area contributed by atoms with Crippen molar-refractivity contribution < 1.29 is 33.4 Å². The Morgan fingerprint density at radius 1 is 0.836 bits per heavy atom. The van der Waals surface area contributed by atoms with Crippen molar-refractivity contribution in [1.82, 2.24) is 20.8 Å². The van der Waals surface area contributed by atoms with Crippen LogP contribution in [0.2, 0.25) is 0 Å². The lowest BCUT2D eigenvalue weighted by Crippen LogP contribution is -2.67. The molecule has 6 aliphatic rings. The number of carbonyl (C=O) groups excluding carboxylic acids is 5. The zero-order valence-electron chi connectivity index (χ0n) is 41.1. The number of hydrogen-bond donors (Lipinski definition) is 3. The maximum Gasteiger partial charge on any atom is 0.309 e. The monoisotopic (exact) mass is 913 g/mol. The predicted molar refractivity (Wildman–Crippen MR) is 256 cm³/mol. The molecule has 3 aromatic rings. The third-order valence-corrected chi connectivity index (χ3v) is 19.1. The standard InChI is InChI=1S/C56H72N4O7/c1-32(2)46-43(61)30-56(58-51(65)52(5,6)57-48(62)42-29-41(59-60-42)36-18-14-11-15-19-36)27-26-54(8)40(47(46)56)20-21-45-53(7)24-23-44(34(4)39(53)22-25-55(45,54)9)67-50(64)38-28-37(33(38)3)49(63)66-31-35-16-12-10-13-17-35/h10-19,29,32-34,37-40,44-45H,20-28,30-31H2,1-9H3,(H,57,62)(H,58,65)(H,59,60)/t33-,34-,37-,38+,39+,40-,44+,45-,53+,54-,55-,56-/m1/s1. The highest BCUT2D eigenvalue weighted by Gasteiger charge is 2.69. The molecule has 3 N–H and O–H groups in total. The molecule has 0 spiro atoms. The number of aromatic amines is 1. The molecule has 6 aliphatic carbocycles. The van der Waals surface area contributed by atoms with Crippen molar-refractivity contribution in [2.24, 2.45) is 63.6 Å². The van der Waals surface area contributed by atoms with Gasteiger partial charge in [0.05, 0.1) is 23.1 Å². The number of nitrogens with zero attached hydrogens (tertiary/aromatic N) is 1. The van der Waals surface area contributed by atoms with Crippen LogP contribution in [0.4, 0.5) is 0 Å². The Bertz CT molecular complexity index is 2460. The molecule has 0 saturated heterocycles. The van der Waals surface area contributed by atoms with E-state index in [1.165, 1.54) is 0 Å². The van der Waals surface area contributed by atoms with Crippen LogP contribution in [0.1, 0.15) is 143 Å². The number of Topliss-reactive ketones (excluding diaryl/α,β-unsaturated/α-hetero) is 1. The summed E-state index contributed by atoms with van der Waals surface area (Å²) in [6.45, 7) is 19.7. The highest BCUT2D eigenvalue weighted by molar-refractivity contribution is 6.03. The SMILES string of the molecule is CC(C)C1=C2[C@H]3CC[C@@H]4[C@@]5(C)CC[C@H](OC(=O)[C@H]6C[C@@H](C(=O)OCc7ccccc7)[C@H]6C)[C@H](C)[C@@H]5CC[C@@]4(C)[C@]3(C)CC[C@@]2(NC(=O)C(C)(C)NC(=O)c2cc(-c3ccccc3)n[nH]2)CC1=O. The average molecular weight is 913 g/mol. The van der Waals surface area contributed by atoms with Crippen molar-refractivity contribution in [3.63, 3.8) is 0 Å². The molecular weight excluding hydrogens is 841 g/mol. The Morgan fingerprint density at radius 3 is 2.21 bits per heavy atom. The van der Waals surface area contributed by atoms with E-state index in [2.05, 4.69) is 62.4 Å². The van der Waals surface area contributed by atoms with E-state index in [1.807, 2.05) is 67.6 Å². The quantitative estimate of drug-likeness (QED) is 0.161. The van der Waals surface area contributed by atoms with Crippen molar-refractivity contribution in [3.05, 3.63) is 89.1 Å². The number of esters is 2. The average Bonchev–Trinajstić information content (AvgIpc) is 3.90. The second-order valence-corrected chi connectivity index (χ2v) is 23.2. The first-order valence-electron chi connectivity index (χ1n) is 25.2. The van der Waals surface area contributed by atoms with E-state index in [0.717, 1.165) is 67.2 Å². The lowest BCUT2D eigenvalue weighted by atomic mass is 9.34. The highest BCUT2D eigenvalue weighted by atomic mass is 16.5. The topological polar surface area (TPSA) is 157 Å². The molecule has 67 heavy (non-hydrogen) atoms. The van der Waals surface area contributed by atoms with Crippen LogP contribution in [-0.4, -0.2) is 56.9 Å². The van der Waals surface area contributed by atoms with Gasteiger partial charge in [0.25, 0.3) is 5.91 Å². The van der Waals surface area contributed by atoms with Crippen LogP contribution in [0.3, 0.4) is 0 Å². The van der Waals surface area contributed by atoms with E-state index in [0.29, 0.717) is 30.4 Å². The summed E-state index contributed by atoms with van der Waals surface area (Å²) in [5, 5.41) is 13.6. The minimum atomic E-state index is -1.28. The number of aromatic nitrogens is 2. The maximum atomic E-state index is 14.6. The Kier molecular flexibility index (Phi) is 12.0. The summed E-state index contributed by atoms with van der Waals surface area (Å²) in [4.78, 5) is 69.1. The van der Waals surface area contributed by atoms with Crippen LogP contribution in [0.25, 0.3) is 11.3 Å². The zero-order chi connectivity index (χ0) is 47.8. The number of allylic oxidation sites excluding steroid dienone is 1. The summed E-state index contributed by atoms with van der Waals surface area (Å²) < 4.78 is 12.1. The van der Waals surface area contributed by atoms with Crippen molar-refractivity contribution >= 4 is 29.5 Å².